The fraction of sp³-hybridized carbons (Fsp3) is 0.292. The van der Waals surface area contributed by atoms with Crippen molar-refractivity contribution in [1.29, 1.82) is 0 Å². The lowest BCUT2D eigenvalue weighted by atomic mass is 10.0. The number of hydrogen-bond acceptors (Lipinski definition) is 5. The van der Waals surface area contributed by atoms with Crippen molar-refractivity contribution in [2.45, 2.75) is 34.2 Å². The largest absolute Gasteiger partial charge is 0.346 e. The first-order valence-corrected chi connectivity index (χ1v) is 10.2. The molecule has 0 atom stereocenters. The second kappa shape index (κ2) is 9.47. The van der Waals surface area contributed by atoms with Gasteiger partial charge >= 0.3 is 0 Å². The minimum Gasteiger partial charge on any atom is -0.346 e. The highest BCUT2D eigenvalue weighted by Gasteiger charge is 2.18. The van der Waals surface area contributed by atoms with Crippen molar-refractivity contribution >= 4 is 17.5 Å². The molecule has 1 N–H and O–H groups in total. The number of aryl methyl sites for hydroxylation is 2. The summed E-state index contributed by atoms with van der Waals surface area (Å²) in [5, 5.41) is 2.88. The smallest absolute Gasteiger partial charge is 0.251 e. The van der Waals surface area contributed by atoms with Crippen LogP contribution in [0.25, 0.3) is 11.3 Å². The normalized spacial score (nSPS) is 10.8. The molecule has 0 aliphatic carbocycles. The molecule has 0 saturated heterocycles. The molecule has 1 aromatic carbocycles. The maximum absolute atomic E-state index is 12.9. The van der Waals surface area contributed by atoms with Crippen LogP contribution in [0.1, 0.15) is 41.2 Å². The predicted octanol–water partition coefficient (Wildman–Crippen LogP) is 3.70. The summed E-state index contributed by atoms with van der Waals surface area (Å²) >= 11 is 0. The van der Waals surface area contributed by atoms with Gasteiger partial charge in [-0.05, 0) is 43.7 Å². The fourth-order valence-electron chi connectivity index (χ4n) is 3.02. The Morgan fingerprint density at radius 1 is 1.00 bits per heavy atom. The van der Waals surface area contributed by atoms with Gasteiger partial charge in [0.05, 0.1) is 29.8 Å². The van der Waals surface area contributed by atoms with Gasteiger partial charge in [0.25, 0.3) is 5.91 Å². The minimum atomic E-state index is -0.261. The van der Waals surface area contributed by atoms with Crippen LogP contribution in [0.15, 0.2) is 48.9 Å². The van der Waals surface area contributed by atoms with Crippen molar-refractivity contribution in [2.24, 2.45) is 5.92 Å². The summed E-state index contributed by atoms with van der Waals surface area (Å²) in [5.74, 6) is -0.457. The molecule has 3 aromatic rings. The second-order valence-corrected chi connectivity index (χ2v) is 7.87. The van der Waals surface area contributed by atoms with Crippen LogP contribution >= 0.6 is 0 Å². The highest BCUT2D eigenvalue weighted by Crippen LogP contribution is 2.26. The van der Waals surface area contributed by atoms with E-state index in [0.717, 1.165) is 22.5 Å². The molecule has 0 bridgehead atoms. The average Bonchev–Trinajstić information content (AvgIpc) is 2.77. The molecule has 0 fully saturated rings. The van der Waals surface area contributed by atoms with E-state index in [1.807, 2.05) is 45.9 Å². The van der Waals surface area contributed by atoms with Gasteiger partial charge in [-0.25, -0.2) is 0 Å². The summed E-state index contributed by atoms with van der Waals surface area (Å²) in [6, 6.07) is 9.25. The Kier molecular flexibility index (Phi) is 6.74. The third kappa shape index (κ3) is 5.51. The van der Waals surface area contributed by atoms with E-state index >= 15 is 0 Å². The van der Waals surface area contributed by atoms with Gasteiger partial charge in [-0.2, -0.15) is 0 Å². The van der Waals surface area contributed by atoms with E-state index in [-0.39, 0.29) is 24.3 Å². The van der Waals surface area contributed by atoms with E-state index in [4.69, 9.17) is 0 Å². The zero-order chi connectivity index (χ0) is 22.5. The maximum Gasteiger partial charge on any atom is 0.251 e. The lowest BCUT2D eigenvalue weighted by Gasteiger charge is -2.21. The molecule has 0 aliphatic rings. The Morgan fingerprint density at radius 2 is 1.77 bits per heavy atom. The lowest BCUT2D eigenvalue weighted by Crippen LogP contribution is -2.31. The SMILES string of the molecule is Cc1ccc(-c2cc(C(=O)NCc3cnc(C)cn3)cc(N(C)C(=O)C(C)C)c2)nc1. The van der Waals surface area contributed by atoms with Crippen LogP contribution in [0, 0.1) is 19.8 Å². The van der Waals surface area contributed by atoms with Gasteiger partial charge in [0.2, 0.25) is 5.91 Å². The van der Waals surface area contributed by atoms with Gasteiger partial charge in [-0.1, -0.05) is 19.9 Å². The standard InChI is InChI=1S/C24H27N5O2/c1-15(2)24(31)29(5)21-9-18(22-7-6-16(3)11-27-22)8-19(10-21)23(30)28-14-20-13-25-17(4)12-26-20/h6-13,15H,14H2,1-5H3,(H,28,30). The summed E-state index contributed by atoms with van der Waals surface area (Å²) in [4.78, 5) is 40.0. The molecule has 7 heteroatoms. The number of rotatable bonds is 6. The molecular formula is C24H27N5O2. The zero-order valence-corrected chi connectivity index (χ0v) is 18.5. The molecule has 2 heterocycles. The number of pyridine rings is 1. The van der Waals surface area contributed by atoms with Crippen molar-refractivity contribution in [1.82, 2.24) is 20.3 Å². The minimum absolute atomic E-state index is 0.0321. The molecule has 2 amide bonds. The van der Waals surface area contributed by atoms with E-state index in [2.05, 4.69) is 20.3 Å². The molecule has 3 rings (SSSR count). The number of nitrogens with zero attached hydrogens (tertiary/aromatic N) is 4. The van der Waals surface area contributed by atoms with Crippen molar-refractivity contribution in [3.63, 3.8) is 0 Å². The van der Waals surface area contributed by atoms with Gasteiger partial charge in [0.15, 0.2) is 0 Å². The highest BCUT2D eigenvalue weighted by molar-refractivity contribution is 6.00. The van der Waals surface area contributed by atoms with Crippen LogP contribution in [0.5, 0.6) is 0 Å². The number of aromatic nitrogens is 3. The van der Waals surface area contributed by atoms with Crippen molar-refractivity contribution < 1.29 is 9.59 Å². The van der Waals surface area contributed by atoms with Crippen LogP contribution in [0.4, 0.5) is 5.69 Å². The zero-order valence-electron chi connectivity index (χ0n) is 18.5. The van der Waals surface area contributed by atoms with Crippen molar-refractivity contribution in [2.75, 3.05) is 11.9 Å². The van der Waals surface area contributed by atoms with E-state index in [9.17, 15) is 9.59 Å². The molecule has 0 saturated carbocycles. The number of anilines is 1. The van der Waals surface area contributed by atoms with E-state index in [1.165, 1.54) is 0 Å². The average molecular weight is 418 g/mol. The first kappa shape index (κ1) is 22.1. The van der Waals surface area contributed by atoms with Crippen LogP contribution in [-0.4, -0.2) is 33.8 Å². The van der Waals surface area contributed by atoms with Crippen LogP contribution in [0.3, 0.4) is 0 Å². The first-order chi connectivity index (χ1) is 14.7. The quantitative estimate of drug-likeness (QED) is 0.661. The van der Waals surface area contributed by atoms with E-state index < -0.39 is 0 Å². The monoisotopic (exact) mass is 417 g/mol. The molecule has 0 aliphatic heterocycles. The van der Waals surface area contributed by atoms with Gasteiger partial charge in [0.1, 0.15) is 0 Å². The summed E-state index contributed by atoms with van der Waals surface area (Å²) in [6.45, 7) is 7.78. The Hall–Kier alpha value is -3.61. The number of carbonyl (C=O) groups is 2. The summed E-state index contributed by atoms with van der Waals surface area (Å²) in [5.41, 5.74) is 5.11. The third-order valence-corrected chi connectivity index (χ3v) is 4.86. The first-order valence-electron chi connectivity index (χ1n) is 10.2. The van der Waals surface area contributed by atoms with Gasteiger partial charge in [-0.3, -0.25) is 24.5 Å². The van der Waals surface area contributed by atoms with Gasteiger partial charge < -0.3 is 10.2 Å². The third-order valence-electron chi connectivity index (χ3n) is 4.86. The Morgan fingerprint density at radius 3 is 2.39 bits per heavy atom. The van der Waals surface area contributed by atoms with Crippen LogP contribution in [0.2, 0.25) is 0 Å². The molecular weight excluding hydrogens is 390 g/mol. The molecule has 0 radical (unpaired) electrons. The Balaban J connectivity index is 1.93. The van der Waals surface area contributed by atoms with Crippen LogP contribution in [-0.2, 0) is 11.3 Å². The van der Waals surface area contributed by atoms with Crippen molar-refractivity contribution in [3.05, 3.63) is 71.4 Å². The van der Waals surface area contributed by atoms with E-state index in [1.54, 1.807) is 42.7 Å². The summed E-state index contributed by atoms with van der Waals surface area (Å²) in [6.07, 6.45) is 5.08. The van der Waals surface area contributed by atoms with Crippen LogP contribution < -0.4 is 10.2 Å². The fourth-order valence-corrected chi connectivity index (χ4v) is 3.02. The number of amides is 2. The summed E-state index contributed by atoms with van der Waals surface area (Å²) in [7, 11) is 1.72. The van der Waals surface area contributed by atoms with Gasteiger partial charge in [-0.15, -0.1) is 0 Å². The molecule has 0 spiro atoms. The predicted molar refractivity (Wildman–Crippen MR) is 121 cm³/mol. The Bertz CT molecular complexity index is 1080. The molecule has 0 unspecified atom stereocenters. The number of benzene rings is 1. The molecule has 31 heavy (non-hydrogen) atoms. The summed E-state index contributed by atoms with van der Waals surface area (Å²) < 4.78 is 0. The topological polar surface area (TPSA) is 88.1 Å². The number of hydrogen-bond donors (Lipinski definition) is 1. The molecule has 160 valence electrons. The Labute approximate surface area is 182 Å². The maximum atomic E-state index is 12.9. The highest BCUT2D eigenvalue weighted by atomic mass is 16.2. The van der Waals surface area contributed by atoms with E-state index in [0.29, 0.717) is 16.9 Å². The number of carbonyl (C=O) groups excluding carboxylic acids is 2. The molecule has 2 aromatic heterocycles. The van der Waals surface area contributed by atoms with Gasteiger partial charge in [0, 0.05) is 42.2 Å². The molecule has 7 nitrogen and oxygen atoms in total. The lowest BCUT2D eigenvalue weighted by molar-refractivity contribution is -0.121. The number of nitrogens with one attached hydrogen (secondary N) is 1. The second-order valence-electron chi connectivity index (χ2n) is 7.87. The van der Waals surface area contributed by atoms with Crippen molar-refractivity contribution in [3.8, 4) is 11.3 Å².